The zero-order chi connectivity index (χ0) is 12.7. The fourth-order valence-electron chi connectivity index (χ4n) is 1.42. The first kappa shape index (κ1) is 13.5. The molecule has 1 rings (SSSR count). The van der Waals surface area contributed by atoms with Crippen LogP contribution in [0.5, 0.6) is 0 Å². The minimum Gasteiger partial charge on any atom is -0.465 e. The van der Waals surface area contributed by atoms with E-state index in [1.807, 2.05) is 0 Å². The van der Waals surface area contributed by atoms with Crippen LogP contribution >= 0.6 is 11.6 Å². The van der Waals surface area contributed by atoms with E-state index < -0.39 is 6.09 Å². The first-order valence-corrected chi connectivity index (χ1v) is 5.67. The Morgan fingerprint density at radius 1 is 1.35 bits per heavy atom. The van der Waals surface area contributed by atoms with E-state index >= 15 is 0 Å². The van der Waals surface area contributed by atoms with Crippen LogP contribution in [0, 0.1) is 0 Å². The van der Waals surface area contributed by atoms with Crippen LogP contribution in [0.4, 0.5) is 4.79 Å². The summed E-state index contributed by atoms with van der Waals surface area (Å²) in [5.74, 6) is 0. The van der Waals surface area contributed by atoms with Gasteiger partial charge in [0.2, 0.25) is 0 Å². The van der Waals surface area contributed by atoms with Gasteiger partial charge in [0, 0.05) is 24.5 Å². The largest absolute Gasteiger partial charge is 0.465 e. The predicted octanol–water partition coefficient (Wildman–Crippen LogP) is 2.80. The molecule has 0 bridgehead atoms. The van der Waals surface area contributed by atoms with Crippen LogP contribution in [0.1, 0.15) is 18.4 Å². The maximum Gasteiger partial charge on any atom is 0.407 e. The van der Waals surface area contributed by atoms with Gasteiger partial charge >= 0.3 is 6.09 Å². The van der Waals surface area contributed by atoms with Crippen molar-refractivity contribution in [2.45, 2.75) is 19.4 Å². The summed E-state index contributed by atoms with van der Waals surface area (Å²) in [6.07, 6.45) is 0.738. The van der Waals surface area contributed by atoms with Crippen molar-refractivity contribution in [3.8, 4) is 0 Å². The Hall–Kier alpha value is -1.55. The van der Waals surface area contributed by atoms with Crippen molar-refractivity contribution in [1.82, 2.24) is 4.90 Å². The van der Waals surface area contributed by atoms with Crippen LogP contribution in [0.2, 0.25) is 5.02 Å². The number of nitrogens with zero attached hydrogens (tertiary/aromatic N) is 1. The summed E-state index contributed by atoms with van der Waals surface area (Å²) in [5, 5.41) is 9.62. The lowest BCUT2D eigenvalue weighted by Gasteiger charge is -2.18. The molecule has 0 unspecified atom stereocenters. The van der Waals surface area contributed by atoms with E-state index in [-0.39, 0.29) is 0 Å². The van der Waals surface area contributed by atoms with Gasteiger partial charge in [-0.15, -0.1) is 0 Å². The second-order valence-electron chi connectivity index (χ2n) is 3.64. The van der Waals surface area contributed by atoms with E-state index in [1.54, 1.807) is 24.3 Å². The molecule has 1 N–H and O–H groups in total. The molecule has 17 heavy (non-hydrogen) atoms. The molecule has 0 heterocycles. The standard InChI is InChI=1S/C12H14ClNO3/c13-11-5-3-10(4-6-11)9-14(12(16)17)7-1-2-8-15/h3-6,8H,1-2,7,9H2,(H,16,17). The van der Waals surface area contributed by atoms with E-state index in [9.17, 15) is 9.59 Å². The van der Waals surface area contributed by atoms with Crippen LogP contribution in [0.15, 0.2) is 24.3 Å². The zero-order valence-electron chi connectivity index (χ0n) is 9.30. The molecule has 92 valence electrons. The second-order valence-corrected chi connectivity index (χ2v) is 4.08. The molecule has 0 aliphatic heterocycles. The molecule has 0 saturated heterocycles. The molecule has 0 radical (unpaired) electrons. The van der Waals surface area contributed by atoms with E-state index in [0.717, 1.165) is 11.8 Å². The van der Waals surface area contributed by atoms with Gasteiger partial charge in [0.15, 0.2) is 0 Å². The summed E-state index contributed by atoms with van der Waals surface area (Å²) in [7, 11) is 0. The normalized spacial score (nSPS) is 9.94. The Bertz CT molecular complexity index is 378. The Morgan fingerprint density at radius 2 is 2.00 bits per heavy atom. The fraction of sp³-hybridized carbons (Fsp3) is 0.333. The molecule has 1 amide bonds. The number of carbonyl (C=O) groups is 2. The van der Waals surface area contributed by atoms with Gasteiger partial charge in [-0.2, -0.15) is 0 Å². The SMILES string of the molecule is O=CCCCN(Cc1ccc(Cl)cc1)C(=O)O. The van der Waals surface area contributed by atoms with Crippen molar-refractivity contribution >= 4 is 24.0 Å². The topological polar surface area (TPSA) is 57.6 Å². The van der Waals surface area contributed by atoms with E-state index in [1.165, 1.54) is 4.90 Å². The molecule has 0 saturated carbocycles. The van der Waals surface area contributed by atoms with Crippen molar-refractivity contribution in [1.29, 1.82) is 0 Å². The Labute approximate surface area is 105 Å². The average Bonchev–Trinajstić information content (AvgIpc) is 2.30. The third-order valence-corrected chi connectivity index (χ3v) is 2.56. The van der Waals surface area contributed by atoms with Gasteiger partial charge < -0.3 is 14.8 Å². The number of hydrogen-bond donors (Lipinski definition) is 1. The molecule has 4 nitrogen and oxygen atoms in total. The highest BCUT2D eigenvalue weighted by atomic mass is 35.5. The second kappa shape index (κ2) is 6.91. The minimum absolute atomic E-state index is 0.311. The third kappa shape index (κ3) is 4.87. The van der Waals surface area contributed by atoms with Gasteiger partial charge in [-0.1, -0.05) is 23.7 Å². The number of benzene rings is 1. The highest BCUT2D eigenvalue weighted by molar-refractivity contribution is 6.30. The molecule has 1 aromatic rings. The van der Waals surface area contributed by atoms with Crippen LogP contribution in [0.25, 0.3) is 0 Å². The minimum atomic E-state index is -0.981. The lowest BCUT2D eigenvalue weighted by Crippen LogP contribution is -2.29. The molecule has 0 aliphatic rings. The van der Waals surface area contributed by atoms with Gasteiger partial charge in [0.05, 0.1) is 0 Å². The van der Waals surface area contributed by atoms with E-state index in [2.05, 4.69) is 0 Å². The van der Waals surface area contributed by atoms with Crippen molar-refractivity contribution in [3.05, 3.63) is 34.9 Å². The maximum absolute atomic E-state index is 11.0. The van der Waals surface area contributed by atoms with Gasteiger partial charge in [0.25, 0.3) is 0 Å². The number of aldehydes is 1. The smallest absolute Gasteiger partial charge is 0.407 e. The molecule has 0 atom stereocenters. The summed E-state index contributed by atoms with van der Waals surface area (Å²) < 4.78 is 0. The summed E-state index contributed by atoms with van der Waals surface area (Å²) in [6.45, 7) is 0.669. The molecule has 0 aromatic heterocycles. The number of halogens is 1. The van der Waals surface area contributed by atoms with Crippen LogP contribution in [0.3, 0.4) is 0 Å². The van der Waals surface area contributed by atoms with Crippen LogP contribution in [-0.2, 0) is 11.3 Å². The summed E-state index contributed by atoms with van der Waals surface area (Å²) >= 11 is 5.74. The van der Waals surface area contributed by atoms with Gasteiger partial charge in [-0.05, 0) is 24.1 Å². The molecule has 1 aromatic carbocycles. The summed E-state index contributed by atoms with van der Waals surface area (Å²) in [4.78, 5) is 22.4. The zero-order valence-corrected chi connectivity index (χ0v) is 10.1. The van der Waals surface area contributed by atoms with E-state index in [4.69, 9.17) is 16.7 Å². The number of amides is 1. The molecule has 0 fully saturated rings. The lowest BCUT2D eigenvalue weighted by molar-refractivity contribution is -0.108. The average molecular weight is 256 g/mol. The molecule has 0 aliphatic carbocycles. The highest BCUT2D eigenvalue weighted by Crippen LogP contribution is 2.12. The molecular formula is C12H14ClNO3. The molecule has 0 spiro atoms. The van der Waals surface area contributed by atoms with E-state index in [0.29, 0.717) is 31.0 Å². The Balaban J connectivity index is 2.56. The third-order valence-electron chi connectivity index (χ3n) is 2.31. The Kier molecular flexibility index (Phi) is 5.49. The first-order valence-electron chi connectivity index (χ1n) is 5.29. The quantitative estimate of drug-likeness (QED) is 0.628. The summed E-state index contributed by atoms with van der Waals surface area (Å²) in [5.41, 5.74) is 0.878. The maximum atomic E-state index is 11.0. The van der Waals surface area contributed by atoms with Crippen molar-refractivity contribution in [2.24, 2.45) is 0 Å². The number of carbonyl (C=O) groups excluding carboxylic acids is 1. The number of rotatable bonds is 6. The van der Waals surface area contributed by atoms with Gasteiger partial charge in [-0.25, -0.2) is 4.79 Å². The van der Waals surface area contributed by atoms with Gasteiger partial charge in [-0.3, -0.25) is 0 Å². The number of carboxylic acid groups (broad SMARTS) is 1. The van der Waals surface area contributed by atoms with Crippen molar-refractivity contribution in [3.63, 3.8) is 0 Å². The number of hydrogen-bond acceptors (Lipinski definition) is 2. The van der Waals surface area contributed by atoms with Crippen LogP contribution in [-0.4, -0.2) is 28.9 Å². The number of unbranched alkanes of at least 4 members (excludes halogenated alkanes) is 1. The Morgan fingerprint density at radius 3 is 2.53 bits per heavy atom. The van der Waals surface area contributed by atoms with Crippen molar-refractivity contribution in [2.75, 3.05) is 6.54 Å². The highest BCUT2D eigenvalue weighted by Gasteiger charge is 2.11. The van der Waals surface area contributed by atoms with Crippen LogP contribution < -0.4 is 0 Å². The first-order chi connectivity index (χ1) is 8.13. The summed E-state index contributed by atoms with van der Waals surface area (Å²) in [6, 6.07) is 7.03. The van der Waals surface area contributed by atoms with Crippen molar-refractivity contribution < 1.29 is 14.7 Å². The monoisotopic (exact) mass is 255 g/mol. The predicted molar refractivity (Wildman–Crippen MR) is 65.2 cm³/mol. The van der Waals surface area contributed by atoms with Gasteiger partial charge in [0.1, 0.15) is 6.29 Å². The molecule has 5 heteroatoms. The molecular weight excluding hydrogens is 242 g/mol. The lowest BCUT2D eigenvalue weighted by atomic mass is 10.2. The fourth-order valence-corrected chi connectivity index (χ4v) is 1.54.